The number of hydrogen-bond donors (Lipinski definition) is 2. The molecule has 0 amide bonds. The second-order valence-electron chi connectivity index (χ2n) is 4.61. The van der Waals surface area contributed by atoms with Crippen LogP contribution in [0.2, 0.25) is 0 Å². The Balaban J connectivity index is 1.62. The minimum atomic E-state index is 0.272. The maximum absolute atomic E-state index is 5.74. The first-order valence-electron chi connectivity index (χ1n) is 6.34. The fraction of sp³-hybridized carbons (Fsp3) is 0.500. The summed E-state index contributed by atoms with van der Waals surface area (Å²) in [6.45, 7) is 1.62. The van der Waals surface area contributed by atoms with Crippen molar-refractivity contribution in [3.63, 3.8) is 0 Å². The average Bonchev–Trinajstić information content (AvgIpc) is 2.98. The molecule has 0 aliphatic rings. The van der Waals surface area contributed by atoms with Crippen LogP contribution in [0, 0.1) is 0 Å². The van der Waals surface area contributed by atoms with Gasteiger partial charge in [0.05, 0.1) is 12.3 Å². The number of nitrogens with zero attached hydrogens (tertiary/aromatic N) is 4. The molecule has 0 aliphatic carbocycles. The van der Waals surface area contributed by atoms with E-state index in [0.29, 0.717) is 0 Å². The summed E-state index contributed by atoms with van der Waals surface area (Å²) in [5, 5.41) is 3.94. The van der Waals surface area contributed by atoms with E-state index >= 15 is 0 Å². The fourth-order valence-corrected chi connectivity index (χ4v) is 2.39. The summed E-state index contributed by atoms with van der Waals surface area (Å²) < 4.78 is 5.74. The number of nitrogens with one attached hydrogen (secondary N) is 1. The van der Waals surface area contributed by atoms with Crippen LogP contribution >= 0.6 is 11.8 Å². The van der Waals surface area contributed by atoms with E-state index in [0.717, 1.165) is 36.1 Å². The summed E-state index contributed by atoms with van der Waals surface area (Å²) in [5.74, 6) is 4.10. The van der Waals surface area contributed by atoms with Crippen LogP contribution in [0.1, 0.15) is 11.5 Å². The zero-order valence-corrected chi connectivity index (χ0v) is 12.6. The Morgan fingerprint density at radius 2 is 2.20 bits per heavy atom. The van der Waals surface area contributed by atoms with E-state index in [9.17, 15) is 0 Å². The van der Waals surface area contributed by atoms with Gasteiger partial charge in [-0.1, -0.05) is 0 Å². The van der Waals surface area contributed by atoms with E-state index in [-0.39, 0.29) is 5.95 Å². The molecule has 2 rings (SSSR count). The number of nitrogens with two attached hydrogens (primary N) is 1. The molecule has 2 aromatic heterocycles. The van der Waals surface area contributed by atoms with Crippen LogP contribution in [0.5, 0.6) is 0 Å². The molecule has 0 saturated carbocycles. The quantitative estimate of drug-likeness (QED) is 0.703. The third-order valence-electron chi connectivity index (χ3n) is 2.46. The molecule has 20 heavy (non-hydrogen) atoms. The van der Waals surface area contributed by atoms with Gasteiger partial charge in [-0.2, -0.15) is 21.5 Å². The predicted octanol–water partition coefficient (Wildman–Crippen LogP) is 0.992. The molecule has 0 atom stereocenters. The number of aromatic nitrogens is 3. The van der Waals surface area contributed by atoms with E-state index in [4.69, 9.17) is 10.2 Å². The molecule has 0 saturated heterocycles. The number of thioether (sulfide) groups is 1. The summed E-state index contributed by atoms with van der Waals surface area (Å²) in [6.07, 6.45) is 1.56. The topological polar surface area (TPSA) is 85.1 Å². The Morgan fingerprint density at radius 1 is 1.40 bits per heavy atom. The highest BCUT2D eigenvalue weighted by Gasteiger charge is 2.03. The summed E-state index contributed by atoms with van der Waals surface area (Å²) in [6, 6.07) is 4.07. The molecule has 0 radical (unpaired) electrons. The van der Waals surface area contributed by atoms with Crippen molar-refractivity contribution in [2.24, 2.45) is 0 Å². The molecule has 0 unspecified atom stereocenters. The maximum atomic E-state index is 5.74. The van der Waals surface area contributed by atoms with Crippen molar-refractivity contribution in [2.45, 2.75) is 12.3 Å². The Morgan fingerprint density at radius 3 is 2.90 bits per heavy atom. The van der Waals surface area contributed by atoms with Crippen molar-refractivity contribution in [3.05, 3.63) is 30.0 Å². The second-order valence-corrected chi connectivity index (χ2v) is 5.72. The molecule has 0 spiro atoms. The van der Waals surface area contributed by atoms with Crippen LogP contribution in [0.25, 0.3) is 0 Å². The highest BCUT2D eigenvalue weighted by Crippen LogP contribution is 2.15. The molecule has 8 heteroatoms. The third-order valence-corrected chi connectivity index (χ3v) is 3.44. The normalized spacial score (nSPS) is 11.2. The zero-order chi connectivity index (χ0) is 14.4. The molecular formula is C12H20N6OS. The molecule has 0 bridgehead atoms. The summed E-state index contributed by atoms with van der Waals surface area (Å²) in [7, 11) is 4.05. The fourth-order valence-electron chi connectivity index (χ4n) is 1.65. The summed E-state index contributed by atoms with van der Waals surface area (Å²) in [5.41, 5.74) is 8.51. The highest BCUT2D eigenvalue weighted by atomic mass is 32.2. The van der Waals surface area contributed by atoms with Crippen molar-refractivity contribution >= 4 is 17.7 Å². The van der Waals surface area contributed by atoms with Crippen molar-refractivity contribution in [1.29, 1.82) is 0 Å². The van der Waals surface area contributed by atoms with Gasteiger partial charge in [0.1, 0.15) is 17.8 Å². The van der Waals surface area contributed by atoms with E-state index < -0.39 is 0 Å². The van der Waals surface area contributed by atoms with Gasteiger partial charge in [-0.05, 0) is 26.2 Å². The van der Waals surface area contributed by atoms with Crippen molar-refractivity contribution in [2.75, 3.05) is 37.6 Å². The minimum Gasteiger partial charge on any atom is -0.464 e. The van der Waals surface area contributed by atoms with E-state index in [1.165, 1.54) is 4.79 Å². The lowest BCUT2D eigenvalue weighted by molar-refractivity contribution is 0.344. The first kappa shape index (κ1) is 14.7. The van der Waals surface area contributed by atoms with Crippen LogP contribution in [0.15, 0.2) is 22.9 Å². The standard InChI is InChI=1S/C12H20N6OS/c1-17(2)7-10-3-4-11(19-10)8-20-6-5-15-18-9-14-12(13)16-18/h3-4,9,15H,5-8H2,1-2H3,(H2,13,16). The predicted molar refractivity (Wildman–Crippen MR) is 80.9 cm³/mol. The second kappa shape index (κ2) is 7.20. The highest BCUT2D eigenvalue weighted by molar-refractivity contribution is 7.98. The number of hydrogen-bond acceptors (Lipinski definition) is 7. The van der Waals surface area contributed by atoms with Gasteiger partial charge in [0.15, 0.2) is 0 Å². The molecule has 0 fully saturated rings. The Kier molecular flexibility index (Phi) is 5.31. The first-order valence-corrected chi connectivity index (χ1v) is 7.50. The maximum Gasteiger partial charge on any atom is 0.241 e. The zero-order valence-electron chi connectivity index (χ0n) is 11.7. The van der Waals surface area contributed by atoms with E-state index in [2.05, 4.69) is 20.4 Å². The lowest BCUT2D eigenvalue weighted by Gasteiger charge is -2.06. The monoisotopic (exact) mass is 296 g/mol. The molecule has 2 aromatic rings. The van der Waals surface area contributed by atoms with Gasteiger partial charge < -0.3 is 20.5 Å². The van der Waals surface area contributed by atoms with Gasteiger partial charge in [0.2, 0.25) is 5.95 Å². The van der Waals surface area contributed by atoms with Gasteiger partial charge in [-0.3, -0.25) is 0 Å². The summed E-state index contributed by atoms with van der Waals surface area (Å²) >= 11 is 1.80. The smallest absolute Gasteiger partial charge is 0.241 e. The molecule has 3 N–H and O–H groups in total. The number of furan rings is 1. The lowest BCUT2D eigenvalue weighted by atomic mass is 10.4. The van der Waals surface area contributed by atoms with Gasteiger partial charge >= 0.3 is 0 Å². The minimum absolute atomic E-state index is 0.272. The van der Waals surface area contributed by atoms with Gasteiger partial charge in [-0.25, -0.2) is 0 Å². The molecule has 7 nitrogen and oxygen atoms in total. The molecule has 0 aliphatic heterocycles. The number of anilines is 1. The van der Waals surface area contributed by atoms with Gasteiger partial charge in [-0.15, -0.1) is 5.10 Å². The molecule has 110 valence electrons. The number of rotatable bonds is 8. The number of nitrogen functional groups attached to an aromatic ring is 1. The SMILES string of the molecule is CN(C)Cc1ccc(CSCCNn2cnc(N)n2)o1. The van der Waals surface area contributed by atoms with Crippen LogP contribution in [0.3, 0.4) is 0 Å². The Bertz CT molecular complexity index is 524. The molecular weight excluding hydrogens is 276 g/mol. The third kappa shape index (κ3) is 4.78. The molecule has 0 aromatic carbocycles. The van der Waals surface area contributed by atoms with Crippen LogP contribution < -0.4 is 11.2 Å². The lowest BCUT2D eigenvalue weighted by Crippen LogP contribution is -2.18. The van der Waals surface area contributed by atoms with Crippen molar-refractivity contribution in [1.82, 2.24) is 19.8 Å². The van der Waals surface area contributed by atoms with Crippen LogP contribution in [0.4, 0.5) is 5.95 Å². The molecule has 2 heterocycles. The van der Waals surface area contributed by atoms with Crippen molar-refractivity contribution in [3.8, 4) is 0 Å². The Labute approximate surface area is 122 Å². The van der Waals surface area contributed by atoms with Crippen LogP contribution in [-0.4, -0.2) is 46.2 Å². The Hall–Kier alpha value is -1.67. The van der Waals surface area contributed by atoms with Crippen molar-refractivity contribution < 1.29 is 4.42 Å². The summed E-state index contributed by atoms with van der Waals surface area (Å²) in [4.78, 5) is 7.44. The van der Waals surface area contributed by atoms with Gasteiger partial charge in [0.25, 0.3) is 0 Å². The van der Waals surface area contributed by atoms with Gasteiger partial charge in [0, 0.05) is 12.3 Å². The van der Waals surface area contributed by atoms with E-state index in [1.807, 2.05) is 26.2 Å². The largest absolute Gasteiger partial charge is 0.464 e. The first-order chi connectivity index (χ1) is 9.63. The van der Waals surface area contributed by atoms with Crippen LogP contribution in [-0.2, 0) is 12.3 Å². The van der Waals surface area contributed by atoms with E-state index in [1.54, 1.807) is 18.1 Å². The average molecular weight is 296 g/mol.